The number of carbonyl (C=O) groups is 1. The van der Waals surface area contributed by atoms with Crippen LogP contribution in [0.1, 0.15) is 18.4 Å². The van der Waals surface area contributed by atoms with Gasteiger partial charge >= 0.3 is 5.97 Å². The highest BCUT2D eigenvalue weighted by Crippen LogP contribution is 2.53. The van der Waals surface area contributed by atoms with E-state index in [0.717, 1.165) is 5.56 Å². The van der Waals surface area contributed by atoms with E-state index in [4.69, 9.17) is 37.4 Å². The molecular weight excluding hydrogens is 303 g/mol. The number of ether oxygens (including phenoxy) is 3. The predicted molar refractivity (Wildman–Crippen MR) is 76.1 cm³/mol. The van der Waals surface area contributed by atoms with Crippen LogP contribution in [0.5, 0.6) is 0 Å². The van der Waals surface area contributed by atoms with Crippen LogP contribution in [0.15, 0.2) is 18.2 Å². The molecule has 1 aromatic carbocycles. The predicted octanol–water partition coefficient (Wildman–Crippen LogP) is 3.19. The van der Waals surface area contributed by atoms with Gasteiger partial charge in [-0.05, 0) is 17.7 Å². The molecule has 20 heavy (non-hydrogen) atoms. The Labute approximate surface area is 127 Å². The Bertz CT molecular complexity index is 518. The summed E-state index contributed by atoms with van der Waals surface area (Å²) in [7, 11) is 4.47. The topological polar surface area (TPSA) is 44.8 Å². The van der Waals surface area contributed by atoms with Crippen LogP contribution in [-0.4, -0.2) is 33.1 Å². The maximum absolute atomic E-state index is 12.2. The second-order valence-electron chi connectivity index (χ2n) is 4.88. The van der Waals surface area contributed by atoms with E-state index >= 15 is 0 Å². The van der Waals surface area contributed by atoms with Crippen LogP contribution >= 0.6 is 23.2 Å². The number of halogens is 2. The molecule has 1 saturated carbocycles. The van der Waals surface area contributed by atoms with E-state index in [-0.39, 0.29) is 5.97 Å². The second-order valence-corrected chi connectivity index (χ2v) is 5.69. The molecule has 0 spiro atoms. The van der Waals surface area contributed by atoms with Gasteiger partial charge in [-0.15, -0.1) is 0 Å². The molecule has 0 heterocycles. The van der Waals surface area contributed by atoms with Gasteiger partial charge in [-0.3, -0.25) is 4.79 Å². The molecule has 0 radical (unpaired) electrons. The van der Waals surface area contributed by atoms with Crippen molar-refractivity contribution in [2.24, 2.45) is 0 Å². The van der Waals surface area contributed by atoms with Crippen LogP contribution in [0.25, 0.3) is 0 Å². The van der Waals surface area contributed by atoms with E-state index in [2.05, 4.69) is 0 Å². The third-order valence-electron chi connectivity index (χ3n) is 3.93. The van der Waals surface area contributed by atoms with Crippen molar-refractivity contribution in [2.45, 2.75) is 24.0 Å². The van der Waals surface area contributed by atoms with Crippen LogP contribution in [0.4, 0.5) is 0 Å². The van der Waals surface area contributed by atoms with Gasteiger partial charge in [0.25, 0.3) is 0 Å². The summed E-state index contributed by atoms with van der Waals surface area (Å²) in [5.74, 6) is -1.10. The summed E-state index contributed by atoms with van der Waals surface area (Å²) in [6, 6.07) is 5.14. The first kappa shape index (κ1) is 15.6. The second kappa shape index (κ2) is 5.53. The van der Waals surface area contributed by atoms with Crippen molar-refractivity contribution in [1.29, 1.82) is 0 Å². The minimum absolute atomic E-state index is 0.333. The smallest absolute Gasteiger partial charge is 0.316 e. The van der Waals surface area contributed by atoms with E-state index in [1.807, 2.05) is 0 Å². The SMILES string of the molecule is COC(=O)C1(c2ccc(Cl)c(Cl)c2)CC(OC)(OC)C1. The number of methoxy groups -OCH3 is 3. The van der Waals surface area contributed by atoms with E-state index in [9.17, 15) is 4.79 Å². The van der Waals surface area contributed by atoms with Gasteiger partial charge in [0.15, 0.2) is 5.79 Å². The average molecular weight is 319 g/mol. The molecule has 1 fully saturated rings. The lowest BCUT2D eigenvalue weighted by molar-refractivity contribution is -0.278. The fraction of sp³-hybridized carbons (Fsp3) is 0.500. The van der Waals surface area contributed by atoms with Crippen molar-refractivity contribution < 1.29 is 19.0 Å². The number of rotatable bonds is 4. The van der Waals surface area contributed by atoms with Gasteiger partial charge in [-0.25, -0.2) is 0 Å². The maximum Gasteiger partial charge on any atom is 0.316 e. The summed E-state index contributed by atoms with van der Waals surface area (Å²) in [4.78, 5) is 12.2. The number of hydrogen-bond acceptors (Lipinski definition) is 4. The Morgan fingerprint density at radius 1 is 1.10 bits per heavy atom. The van der Waals surface area contributed by atoms with Gasteiger partial charge in [0.2, 0.25) is 0 Å². The molecule has 1 aromatic rings. The van der Waals surface area contributed by atoms with Gasteiger partial charge < -0.3 is 14.2 Å². The first-order valence-corrected chi connectivity index (χ1v) is 6.83. The Hall–Kier alpha value is -0.810. The summed E-state index contributed by atoms with van der Waals surface area (Å²) in [5.41, 5.74) is -0.0573. The molecule has 0 bridgehead atoms. The molecular formula is C14H16Cl2O4. The van der Waals surface area contributed by atoms with Crippen molar-refractivity contribution in [3.63, 3.8) is 0 Å². The third-order valence-corrected chi connectivity index (χ3v) is 4.67. The molecule has 0 aromatic heterocycles. The first-order chi connectivity index (χ1) is 9.43. The zero-order valence-corrected chi connectivity index (χ0v) is 13.0. The minimum atomic E-state index is -0.811. The summed E-state index contributed by atoms with van der Waals surface area (Å²) in [6.45, 7) is 0. The molecule has 0 atom stereocenters. The van der Waals surface area contributed by atoms with Crippen molar-refractivity contribution in [1.82, 2.24) is 0 Å². The van der Waals surface area contributed by atoms with Gasteiger partial charge in [-0.2, -0.15) is 0 Å². The monoisotopic (exact) mass is 318 g/mol. The minimum Gasteiger partial charge on any atom is -0.468 e. The maximum atomic E-state index is 12.2. The van der Waals surface area contributed by atoms with Gasteiger partial charge in [-0.1, -0.05) is 29.3 Å². The van der Waals surface area contributed by atoms with Gasteiger partial charge in [0.05, 0.1) is 17.2 Å². The highest BCUT2D eigenvalue weighted by Gasteiger charge is 2.62. The van der Waals surface area contributed by atoms with Gasteiger partial charge in [0, 0.05) is 27.1 Å². The van der Waals surface area contributed by atoms with Crippen LogP contribution in [-0.2, 0) is 24.4 Å². The summed E-state index contributed by atoms with van der Waals surface area (Å²) in [6.07, 6.45) is 0.745. The largest absolute Gasteiger partial charge is 0.468 e. The molecule has 1 aliphatic rings. The normalized spacial score (nSPS) is 19.2. The van der Waals surface area contributed by atoms with Crippen LogP contribution in [0, 0.1) is 0 Å². The molecule has 0 N–H and O–H groups in total. The molecule has 2 rings (SSSR count). The Kier molecular flexibility index (Phi) is 4.30. The molecule has 0 unspecified atom stereocenters. The first-order valence-electron chi connectivity index (χ1n) is 6.07. The lowest BCUT2D eigenvalue weighted by Crippen LogP contribution is -2.60. The zero-order valence-electron chi connectivity index (χ0n) is 11.5. The van der Waals surface area contributed by atoms with E-state index in [1.165, 1.54) is 7.11 Å². The molecule has 110 valence electrons. The number of esters is 1. The number of benzene rings is 1. The lowest BCUT2D eigenvalue weighted by atomic mass is 9.60. The molecule has 6 heteroatoms. The summed E-state index contributed by atoms with van der Waals surface area (Å²) in [5, 5.41) is 0.847. The molecule has 4 nitrogen and oxygen atoms in total. The quantitative estimate of drug-likeness (QED) is 0.631. The molecule has 0 amide bonds. The van der Waals surface area contributed by atoms with Crippen molar-refractivity contribution in [2.75, 3.05) is 21.3 Å². The van der Waals surface area contributed by atoms with Crippen LogP contribution < -0.4 is 0 Å². The van der Waals surface area contributed by atoms with Crippen LogP contribution in [0.2, 0.25) is 10.0 Å². The fourth-order valence-corrected chi connectivity index (χ4v) is 2.99. The van der Waals surface area contributed by atoms with Crippen molar-refractivity contribution in [3.8, 4) is 0 Å². The summed E-state index contributed by atoms with van der Waals surface area (Å²) >= 11 is 12.0. The van der Waals surface area contributed by atoms with Gasteiger partial charge in [0.1, 0.15) is 5.41 Å². The third kappa shape index (κ3) is 2.31. The van der Waals surface area contributed by atoms with Crippen molar-refractivity contribution >= 4 is 29.2 Å². The molecule has 0 aliphatic heterocycles. The number of hydrogen-bond donors (Lipinski definition) is 0. The van der Waals surface area contributed by atoms with Crippen LogP contribution in [0.3, 0.4) is 0 Å². The number of carbonyl (C=O) groups excluding carboxylic acids is 1. The Balaban J connectivity index is 2.40. The fourth-order valence-electron chi connectivity index (χ4n) is 2.70. The highest BCUT2D eigenvalue weighted by molar-refractivity contribution is 6.42. The average Bonchev–Trinajstić information content (AvgIpc) is 2.42. The van der Waals surface area contributed by atoms with E-state index in [1.54, 1.807) is 32.4 Å². The van der Waals surface area contributed by atoms with E-state index in [0.29, 0.717) is 22.9 Å². The van der Waals surface area contributed by atoms with Crippen molar-refractivity contribution in [3.05, 3.63) is 33.8 Å². The standard InChI is InChI=1S/C14H16Cl2O4/c1-18-12(17)13(7-14(8-13,19-2)20-3)9-4-5-10(15)11(16)6-9/h4-6H,7-8H2,1-3H3. The molecule has 1 aliphatic carbocycles. The van der Waals surface area contributed by atoms with E-state index < -0.39 is 11.2 Å². The Morgan fingerprint density at radius 3 is 2.15 bits per heavy atom. The Morgan fingerprint density at radius 2 is 1.70 bits per heavy atom. The summed E-state index contributed by atoms with van der Waals surface area (Å²) < 4.78 is 15.7. The molecule has 0 saturated heterocycles. The zero-order chi connectivity index (χ0) is 15.0. The highest BCUT2D eigenvalue weighted by atomic mass is 35.5. The lowest BCUT2D eigenvalue weighted by Gasteiger charge is -2.52.